The Labute approximate surface area is 133 Å². The summed E-state index contributed by atoms with van der Waals surface area (Å²) in [6.07, 6.45) is 6.01. The van der Waals surface area contributed by atoms with E-state index in [1.165, 1.54) is 25.0 Å². The zero-order chi connectivity index (χ0) is 15.4. The smallest absolute Gasteiger partial charge is 0.143 e. The summed E-state index contributed by atoms with van der Waals surface area (Å²) in [4.78, 5) is 0. The standard InChI is InChI=1S/C17H23BrF2O/c1-2-3-11-4-6-12(7-5-11)16(21)10-13-15(19)9-8-14(18)17(13)20/h8-9,11-12,16,21H,2-7,10H2,1H3. The van der Waals surface area contributed by atoms with E-state index in [-0.39, 0.29) is 22.4 Å². The van der Waals surface area contributed by atoms with E-state index in [9.17, 15) is 13.9 Å². The molecule has 2 rings (SSSR count). The van der Waals surface area contributed by atoms with Gasteiger partial charge in [-0.25, -0.2) is 8.78 Å². The van der Waals surface area contributed by atoms with Crippen molar-refractivity contribution in [3.63, 3.8) is 0 Å². The van der Waals surface area contributed by atoms with Crippen LogP contribution in [0.2, 0.25) is 0 Å². The van der Waals surface area contributed by atoms with Crippen molar-refractivity contribution in [1.29, 1.82) is 0 Å². The van der Waals surface area contributed by atoms with Crippen LogP contribution >= 0.6 is 15.9 Å². The van der Waals surface area contributed by atoms with E-state index in [0.29, 0.717) is 0 Å². The molecule has 0 amide bonds. The van der Waals surface area contributed by atoms with Gasteiger partial charge in [0.15, 0.2) is 0 Å². The van der Waals surface area contributed by atoms with Crippen LogP contribution in [-0.4, -0.2) is 11.2 Å². The number of aliphatic hydroxyl groups is 1. The van der Waals surface area contributed by atoms with Crippen molar-refractivity contribution in [3.8, 4) is 0 Å². The molecule has 0 aliphatic heterocycles. The first-order valence-corrected chi connectivity index (χ1v) is 8.62. The first-order chi connectivity index (χ1) is 10.0. The van der Waals surface area contributed by atoms with Crippen LogP contribution in [-0.2, 0) is 6.42 Å². The molecule has 118 valence electrons. The number of benzene rings is 1. The van der Waals surface area contributed by atoms with E-state index in [0.717, 1.165) is 31.6 Å². The molecule has 0 aromatic heterocycles. The largest absolute Gasteiger partial charge is 0.392 e. The zero-order valence-electron chi connectivity index (χ0n) is 12.4. The van der Waals surface area contributed by atoms with Crippen molar-refractivity contribution < 1.29 is 13.9 Å². The first-order valence-electron chi connectivity index (χ1n) is 7.83. The van der Waals surface area contributed by atoms with E-state index < -0.39 is 17.7 Å². The molecule has 0 spiro atoms. The van der Waals surface area contributed by atoms with Gasteiger partial charge in [0.2, 0.25) is 0 Å². The van der Waals surface area contributed by atoms with Gasteiger partial charge in [0.05, 0.1) is 10.6 Å². The molecule has 1 unspecified atom stereocenters. The van der Waals surface area contributed by atoms with E-state index in [2.05, 4.69) is 22.9 Å². The topological polar surface area (TPSA) is 20.2 Å². The molecule has 0 bridgehead atoms. The van der Waals surface area contributed by atoms with Gasteiger partial charge in [-0.3, -0.25) is 0 Å². The lowest BCUT2D eigenvalue weighted by atomic mass is 9.77. The third kappa shape index (κ3) is 4.26. The fourth-order valence-electron chi connectivity index (χ4n) is 3.40. The maximum atomic E-state index is 14.0. The highest BCUT2D eigenvalue weighted by Crippen LogP contribution is 2.34. The van der Waals surface area contributed by atoms with Crippen molar-refractivity contribution in [3.05, 3.63) is 33.8 Å². The van der Waals surface area contributed by atoms with Crippen LogP contribution in [0.15, 0.2) is 16.6 Å². The van der Waals surface area contributed by atoms with Crippen molar-refractivity contribution in [2.24, 2.45) is 11.8 Å². The normalized spacial score (nSPS) is 24.0. The second kappa shape index (κ2) is 7.68. The summed E-state index contributed by atoms with van der Waals surface area (Å²) in [5.41, 5.74) is -0.00689. The number of aliphatic hydroxyl groups excluding tert-OH is 1. The summed E-state index contributed by atoms with van der Waals surface area (Å²) in [5.74, 6) is -0.239. The molecule has 21 heavy (non-hydrogen) atoms. The molecule has 1 atom stereocenters. The van der Waals surface area contributed by atoms with E-state index in [4.69, 9.17) is 0 Å². The van der Waals surface area contributed by atoms with Crippen LogP contribution in [0.1, 0.15) is 51.0 Å². The maximum absolute atomic E-state index is 14.0. The summed E-state index contributed by atoms with van der Waals surface area (Å²) >= 11 is 3.07. The number of rotatable bonds is 5. The molecule has 0 radical (unpaired) electrons. The van der Waals surface area contributed by atoms with Crippen LogP contribution in [0.4, 0.5) is 8.78 Å². The summed E-state index contributed by atoms with van der Waals surface area (Å²) in [5, 5.41) is 10.3. The average Bonchev–Trinajstić information content (AvgIpc) is 2.48. The van der Waals surface area contributed by atoms with Crippen molar-refractivity contribution >= 4 is 15.9 Å². The first kappa shape index (κ1) is 16.9. The number of hydrogen-bond donors (Lipinski definition) is 1. The minimum Gasteiger partial charge on any atom is -0.392 e. The number of hydrogen-bond acceptors (Lipinski definition) is 1. The lowest BCUT2D eigenvalue weighted by Gasteiger charge is -2.31. The lowest BCUT2D eigenvalue weighted by Crippen LogP contribution is -2.28. The predicted molar refractivity (Wildman–Crippen MR) is 84.1 cm³/mol. The molecule has 1 aliphatic carbocycles. The second-order valence-corrected chi connectivity index (χ2v) is 7.02. The van der Waals surface area contributed by atoms with Gasteiger partial charge in [-0.1, -0.05) is 32.6 Å². The number of halogens is 3. The Kier molecular flexibility index (Phi) is 6.18. The SMILES string of the molecule is CCCC1CCC(C(O)Cc2c(F)ccc(Br)c2F)CC1. The van der Waals surface area contributed by atoms with E-state index >= 15 is 0 Å². The van der Waals surface area contributed by atoms with E-state index in [1.54, 1.807) is 0 Å². The van der Waals surface area contributed by atoms with Gasteiger partial charge in [-0.05, 0) is 52.7 Å². The molecule has 1 saturated carbocycles. The average molecular weight is 361 g/mol. The Balaban J connectivity index is 1.97. The highest BCUT2D eigenvalue weighted by atomic mass is 79.9. The van der Waals surface area contributed by atoms with Crippen LogP contribution < -0.4 is 0 Å². The molecular weight excluding hydrogens is 338 g/mol. The predicted octanol–water partition coefficient (Wildman–Crippen LogP) is 5.24. The summed E-state index contributed by atoms with van der Waals surface area (Å²) < 4.78 is 28.0. The monoisotopic (exact) mass is 360 g/mol. The Morgan fingerprint density at radius 2 is 1.90 bits per heavy atom. The van der Waals surface area contributed by atoms with Gasteiger partial charge in [-0.15, -0.1) is 0 Å². The molecule has 1 nitrogen and oxygen atoms in total. The minimum atomic E-state index is -0.661. The Morgan fingerprint density at radius 1 is 1.24 bits per heavy atom. The fraction of sp³-hybridized carbons (Fsp3) is 0.647. The second-order valence-electron chi connectivity index (χ2n) is 6.16. The lowest BCUT2D eigenvalue weighted by molar-refractivity contribution is 0.0714. The molecule has 1 fully saturated rings. The molecule has 1 N–H and O–H groups in total. The summed E-state index contributed by atoms with van der Waals surface area (Å²) in [6.45, 7) is 2.19. The third-order valence-corrected chi connectivity index (χ3v) is 5.30. The van der Waals surface area contributed by atoms with Gasteiger partial charge in [0.25, 0.3) is 0 Å². The van der Waals surface area contributed by atoms with Gasteiger partial charge < -0.3 is 5.11 Å². The molecule has 1 aliphatic rings. The van der Waals surface area contributed by atoms with Crippen molar-refractivity contribution in [2.45, 2.75) is 58.0 Å². The minimum absolute atomic E-state index is 0.00689. The third-order valence-electron chi connectivity index (χ3n) is 4.68. The molecule has 0 saturated heterocycles. The van der Waals surface area contributed by atoms with Gasteiger partial charge >= 0.3 is 0 Å². The van der Waals surface area contributed by atoms with Crippen LogP contribution in [0.25, 0.3) is 0 Å². The molecule has 0 heterocycles. The summed E-state index contributed by atoms with van der Waals surface area (Å²) in [6, 6.07) is 2.60. The van der Waals surface area contributed by atoms with Crippen molar-refractivity contribution in [2.75, 3.05) is 0 Å². The molecule has 1 aromatic carbocycles. The molecule has 1 aromatic rings. The Bertz CT molecular complexity index is 470. The van der Waals surface area contributed by atoms with Crippen LogP contribution in [0.5, 0.6) is 0 Å². The fourth-order valence-corrected chi connectivity index (χ4v) is 3.77. The van der Waals surface area contributed by atoms with Gasteiger partial charge in [-0.2, -0.15) is 0 Å². The Hall–Kier alpha value is -0.480. The highest BCUT2D eigenvalue weighted by Gasteiger charge is 2.27. The highest BCUT2D eigenvalue weighted by molar-refractivity contribution is 9.10. The molecule has 4 heteroatoms. The summed E-state index contributed by atoms with van der Waals surface area (Å²) in [7, 11) is 0. The quantitative estimate of drug-likeness (QED) is 0.712. The van der Waals surface area contributed by atoms with Crippen LogP contribution in [0, 0.1) is 23.5 Å². The van der Waals surface area contributed by atoms with Gasteiger partial charge in [0, 0.05) is 12.0 Å². The molecular formula is C17H23BrF2O. The van der Waals surface area contributed by atoms with Crippen LogP contribution in [0.3, 0.4) is 0 Å². The zero-order valence-corrected chi connectivity index (χ0v) is 14.0. The van der Waals surface area contributed by atoms with Gasteiger partial charge in [0.1, 0.15) is 11.6 Å². The van der Waals surface area contributed by atoms with Crippen molar-refractivity contribution in [1.82, 2.24) is 0 Å². The maximum Gasteiger partial charge on any atom is 0.143 e. The Morgan fingerprint density at radius 3 is 2.52 bits per heavy atom. The van der Waals surface area contributed by atoms with E-state index in [1.807, 2.05) is 0 Å².